The van der Waals surface area contributed by atoms with Gasteiger partial charge in [-0.3, -0.25) is 9.69 Å². The first-order valence-corrected chi connectivity index (χ1v) is 13.7. The van der Waals surface area contributed by atoms with E-state index in [4.69, 9.17) is 29.1 Å². The summed E-state index contributed by atoms with van der Waals surface area (Å²) in [6, 6.07) is 15.4. The molecule has 3 heterocycles. The van der Waals surface area contributed by atoms with Gasteiger partial charge < -0.3 is 14.7 Å². The van der Waals surface area contributed by atoms with Crippen molar-refractivity contribution < 1.29 is 29.1 Å². The van der Waals surface area contributed by atoms with Crippen LogP contribution in [0.2, 0.25) is 0 Å². The number of piperidine rings is 1. The van der Waals surface area contributed by atoms with Crippen LogP contribution in [0.25, 0.3) is 0 Å². The number of hydrogen-bond acceptors (Lipinski definition) is 7. The number of carbonyl (C=O) groups is 1. The maximum absolute atomic E-state index is 9.00. The highest BCUT2D eigenvalue weighted by Gasteiger charge is 2.42. The molecule has 1 spiro atoms. The van der Waals surface area contributed by atoms with Crippen LogP contribution in [-0.4, -0.2) is 53.1 Å². The number of likely N-dealkylation sites (tertiary alicyclic amines) is 1. The summed E-state index contributed by atoms with van der Waals surface area (Å²) < 4.78 is 6.20. The molecule has 2 aromatic rings. The molecule has 6 rings (SSSR count). The Bertz CT molecular complexity index is 1220. The van der Waals surface area contributed by atoms with Crippen LogP contribution >= 0.6 is 0 Å². The number of carboxylic acid groups (broad SMARTS) is 1. The van der Waals surface area contributed by atoms with E-state index in [1.54, 1.807) is 0 Å². The van der Waals surface area contributed by atoms with Crippen molar-refractivity contribution in [3.05, 3.63) is 64.7 Å². The molecule has 0 radical (unpaired) electrons. The molecule has 1 saturated carbocycles. The van der Waals surface area contributed by atoms with Gasteiger partial charge in [0.2, 0.25) is 0 Å². The van der Waals surface area contributed by atoms with Crippen LogP contribution in [-0.2, 0) is 31.2 Å². The van der Waals surface area contributed by atoms with Gasteiger partial charge in [-0.1, -0.05) is 61.5 Å². The predicted octanol–water partition coefficient (Wildman–Crippen LogP) is 5.29. The summed E-state index contributed by atoms with van der Waals surface area (Å²) in [6.45, 7) is 9.83. The smallest absolute Gasteiger partial charge is 0.373 e. The second kappa shape index (κ2) is 12.1. The maximum Gasteiger partial charge on any atom is 0.373 e. The highest BCUT2D eigenvalue weighted by atomic mass is 16.7. The Labute approximate surface area is 230 Å². The molecule has 0 bridgehead atoms. The number of ether oxygens (including phenoxy) is 1. The topological polar surface area (TPSA) is 106 Å². The van der Waals surface area contributed by atoms with Gasteiger partial charge in [0.1, 0.15) is 11.4 Å². The molecule has 1 N–H and O–H groups in total. The second-order valence-corrected chi connectivity index (χ2v) is 11.6. The van der Waals surface area contributed by atoms with E-state index < -0.39 is 5.97 Å². The first-order valence-electron chi connectivity index (χ1n) is 13.7. The minimum absolute atomic E-state index is 0.105. The van der Waals surface area contributed by atoms with Gasteiger partial charge in [0.05, 0.1) is 12.3 Å². The Hall–Kier alpha value is -3.48. The van der Waals surface area contributed by atoms with Crippen molar-refractivity contribution in [2.24, 2.45) is 5.16 Å². The third kappa shape index (κ3) is 7.14. The zero-order valence-electron chi connectivity index (χ0n) is 23.1. The third-order valence-electron chi connectivity index (χ3n) is 8.02. The van der Waals surface area contributed by atoms with Crippen LogP contribution < -0.4 is 4.74 Å². The van der Waals surface area contributed by atoms with Crippen LogP contribution in [0.15, 0.2) is 47.6 Å². The van der Waals surface area contributed by atoms with Gasteiger partial charge in [0.25, 0.3) is 5.97 Å². The van der Waals surface area contributed by atoms with Crippen molar-refractivity contribution in [1.82, 2.24) is 4.90 Å². The maximum atomic E-state index is 9.00. The van der Waals surface area contributed by atoms with Gasteiger partial charge >= 0.3 is 6.15 Å². The Morgan fingerprint density at radius 1 is 1.10 bits per heavy atom. The van der Waals surface area contributed by atoms with Gasteiger partial charge in [0, 0.05) is 51.4 Å². The summed E-state index contributed by atoms with van der Waals surface area (Å²) in [5, 5.41) is 11.9. The lowest BCUT2D eigenvalue weighted by Crippen LogP contribution is -2.44. The number of nitrogens with zero attached hydrogens (tertiary/aromatic N) is 2. The molecule has 0 amide bonds. The number of rotatable bonds is 4. The predicted molar refractivity (Wildman–Crippen MR) is 146 cm³/mol. The first kappa shape index (κ1) is 28.5. The van der Waals surface area contributed by atoms with Crippen LogP contribution in [0.4, 0.5) is 0 Å². The van der Waals surface area contributed by atoms with E-state index >= 15 is 0 Å². The molecular formula is C31H38N2O6. The highest BCUT2D eigenvalue weighted by Crippen LogP contribution is 2.50. The van der Waals surface area contributed by atoms with Crippen molar-refractivity contribution in [3.63, 3.8) is 0 Å². The summed E-state index contributed by atoms with van der Waals surface area (Å²) in [7, 11) is 0. The number of oxime groups is 1. The third-order valence-corrected chi connectivity index (χ3v) is 8.02. The summed E-state index contributed by atoms with van der Waals surface area (Å²) in [6.07, 6.45) is 6.99. The largest absolute Gasteiger partial charge is 0.493 e. The average Bonchev–Trinajstić information content (AvgIpc) is 3.67. The van der Waals surface area contributed by atoms with Gasteiger partial charge in [-0.15, -0.1) is 0 Å². The summed E-state index contributed by atoms with van der Waals surface area (Å²) in [4.78, 5) is 33.9. The number of benzene rings is 2. The minimum Gasteiger partial charge on any atom is -0.493 e. The van der Waals surface area contributed by atoms with E-state index in [0.717, 1.165) is 64.6 Å². The molecule has 1 aliphatic carbocycles. The van der Waals surface area contributed by atoms with Crippen LogP contribution in [0, 0.1) is 0 Å². The molecule has 8 heteroatoms. The minimum atomic E-state index is -0.833. The van der Waals surface area contributed by atoms with Gasteiger partial charge in [-0.25, -0.2) is 0 Å². The SMILES string of the molecule is CC(=O)O.CC1(C)CCOc2c(C3CC3)cc(CN3CCC4(CC3)CC(c3ccccc3)=NO4)cc21.O=C=O. The zero-order valence-corrected chi connectivity index (χ0v) is 23.1. The molecule has 2 fully saturated rings. The zero-order chi connectivity index (χ0) is 28.0. The fraction of sp³-hybridized carbons (Fsp3) is 0.516. The summed E-state index contributed by atoms with van der Waals surface area (Å²) in [5.74, 6) is 1.08. The van der Waals surface area contributed by atoms with Crippen molar-refractivity contribution in [2.45, 2.75) is 82.8 Å². The summed E-state index contributed by atoms with van der Waals surface area (Å²) >= 11 is 0. The molecule has 39 heavy (non-hydrogen) atoms. The van der Waals surface area contributed by atoms with Crippen molar-refractivity contribution in [1.29, 1.82) is 0 Å². The number of fused-ring (bicyclic) bond motifs is 1. The van der Waals surface area contributed by atoms with Gasteiger partial charge in [0.15, 0.2) is 0 Å². The van der Waals surface area contributed by atoms with Crippen molar-refractivity contribution >= 4 is 17.8 Å². The Balaban J connectivity index is 0.000000456. The first-order chi connectivity index (χ1) is 18.7. The molecular weight excluding hydrogens is 496 g/mol. The Kier molecular flexibility index (Phi) is 8.88. The number of carbonyl (C=O) groups excluding carboxylic acids is 2. The standard InChI is InChI=1S/C28H34N2O2.C2H4O2.CO2/c1-27(2)12-15-31-26-23(21-8-9-21)16-20(17-24(26)27)19-30-13-10-28(11-14-30)18-25(29-32-28)22-6-4-3-5-7-22;1-2(3)4;2-1-3/h3-7,16-17,21H,8-15,18-19H2,1-2H3;1H3,(H,3,4);. The molecule has 3 aliphatic heterocycles. The number of hydrogen-bond donors (Lipinski definition) is 1. The lowest BCUT2D eigenvalue weighted by Gasteiger charge is -2.38. The molecule has 2 aromatic carbocycles. The Morgan fingerprint density at radius 2 is 1.74 bits per heavy atom. The highest BCUT2D eigenvalue weighted by molar-refractivity contribution is 6.01. The summed E-state index contributed by atoms with van der Waals surface area (Å²) in [5.41, 5.74) is 6.74. The molecule has 4 aliphatic rings. The molecule has 208 valence electrons. The van der Waals surface area contributed by atoms with Gasteiger partial charge in [-0.05, 0) is 47.3 Å². The lowest BCUT2D eigenvalue weighted by molar-refractivity contribution is -0.191. The molecule has 0 atom stereocenters. The fourth-order valence-electron chi connectivity index (χ4n) is 5.66. The van der Waals surface area contributed by atoms with Crippen LogP contribution in [0.5, 0.6) is 5.75 Å². The average molecular weight is 535 g/mol. The van der Waals surface area contributed by atoms with Crippen molar-refractivity contribution in [3.8, 4) is 5.75 Å². The lowest BCUT2D eigenvalue weighted by atomic mass is 9.77. The molecule has 8 nitrogen and oxygen atoms in total. The van der Waals surface area contributed by atoms with E-state index in [-0.39, 0.29) is 17.2 Å². The second-order valence-electron chi connectivity index (χ2n) is 11.6. The van der Waals surface area contributed by atoms with Crippen molar-refractivity contribution in [2.75, 3.05) is 19.7 Å². The number of aliphatic carboxylic acids is 1. The van der Waals surface area contributed by atoms with E-state index in [1.165, 1.54) is 40.8 Å². The Morgan fingerprint density at radius 3 is 2.36 bits per heavy atom. The van der Waals surface area contributed by atoms with Gasteiger partial charge in [-0.2, -0.15) is 9.59 Å². The number of carboxylic acids is 1. The van der Waals surface area contributed by atoms with E-state index in [2.05, 4.69) is 66.4 Å². The van der Waals surface area contributed by atoms with E-state index in [1.807, 2.05) is 0 Å². The quantitative estimate of drug-likeness (QED) is 0.568. The fourth-order valence-corrected chi connectivity index (χ4v) is 5.66. The molecule has 0 unspecified atom stereocenters. The van der Waals surface area contributed by atoms with E-state index in [9.17, 15) is 0 Å². The molecule has 0 aromatic heterocycles. The monoisotopic (exact) mass is 534 g/mol. The van der Waals surface area contributed by atoms with Crippen LogP contribution in [0.3, 0.4) is 0 Å². The van der Waals surface area contributed by atoms with E-state index in [0.29, 0.717) is 5.92 Å². The van der Waals surface area contributed by atoms with Crippen LogP contribution in [0.1, 0.15) is 87.5 Å². The molecule has 1 saturated heterocycles. The normalized spacial score (nSPS) is 20.4.